The Morgan fingerprint density at radius 1 is 1.44 bits per heavy atom. The van der Waals surface area contributed by atoms with Gasteiger partial charge in [0.15, 0.2) is 0 Å². The Bertz CT molecular complexity index is 536. The summed E-state index contributed by atoms with van der Waals surface area (Å²) < 4.78 is 2.89. The predicted octanol–water partition coefficient (Wildman–Crippen LogP) is 2.60. The topological polar surface area (TPSA) is 55.9 Å². The molecule has 0 aliphatic carbocycles. The SMILES string of the molecule is Cc1c(C(CN)Nc2ccccc2Br)cnn1C. The summed E-state index contributed by atoms with van der Waals surface area (Å²) in [5.74, 6) is 0. The van der Waals surface area contributed by atoms with E-state index >= 15 is 0 Å². The molecule has 0 saturated heterocycles. The lowest BCUT2D eigenvalue weighted by Crippen LogP contribution is -2.21. The van der Waals surface area contributed by atoms with E-state index in [0.717, 1.165) is 21.4 Å². The highest BCUT2D eigenvalue weighted by molar-refractivity contribution is 9.10. The minimum atomic E-state index is 0.0670. The highest BCUT2D eigenvalue weighted by atomic mass is 79.9. The van der Waals surface area contributed by atoms with E-state index < -0.39 is 0 Å². The summed E-state index contributed by atoms with van der Waals surface area (Å²) in [6.45, 7) is 2.57. The number of aryl methyl sites for hydroxylation is 1. The van der Waals surface area contributed by atoms with Crippen LogP contribution in [0.25, 0.3) is 0 Å². The molecule has 0 aliphatic heterocycles. The zero-order valence-corrected chi connectivity index (χ0v) is 12.1. The third-order valence-corrected chi connectivity index (χ3v) is 3.78. The summed E-state index contributed by atoms with van der Waals surface area (Å²) in [6, 6.07) is 8.08. The summed E-state index contributed by atoms with van der Waals surface area (Å²) in [5.41, 5.74) is 9.17. The van der Waals surface area contributed by atoms with Crippen molar-refractivity contribution in [3.63, 3.8) is 0 Å². The van der Waals surface area contributed by atoms with E-state index in [4.69, 9.17) is 5.73 Å². The Morgan fingerprint density at radius 2 is 2.17 bits per heavy atom. The third kappa shape index (κ3) is 2.57. The predicted molar refractivity (Wildman–Crippen MR) is 77.5 cm³/mol. The zero-order chi connectivity index (χ0) is 13.1. The standard InChI is InChI=1S/C13H17BrN4/c1-9-10(8-16-18(9)2)13(7-15)17-12-6-4-3-5-11(12)14/h3-6,8,13,17H,7,15H2,1-2H3. The number of para-hydroxylation sites is 1. The molecule has 0 fully saturated rings. The zero-order valence-electron chi connectivity index (χ0n) is 10.5. The van der Waals surface area contributed by atoms with Gasteiger partial charge in [0.05, 0.1) is 12.2 Å². The second-order valence-corrected chi connectivity index (χ2v) is 5.08. The molecule has 0 spiro atoms. The minimum Gasteiger partial charge on any atom is -0.376 e. The summed E-state index contributed by atoms with van der Waals surface area (Å²) in [7, 11) is 1.94. The Morgan fingerprint density at radius 3 is 2.72 bits per heavy atom. The number of nitrogens with zero attached hydrogens (tertiary/aromatic N) is 2. The van der Waals surface area contributed by atoms with Crippen molar-refractivity contribution in [2.45, 2.75) is 13.0 Å². The van der Waals surface area contributed by atoms with E-state index in [1.54, 1.807) is 0 Å². The maximum Gasteiger partial charge on any atom is 0.0670 e. The molecule has 96 valence electrons. The quantitative estimate of drug-likeness (QED) is 0.913. The average molecular weight is 309 g/mol. The number of halogens is 1. The first-order valence-corrected chi connectivity index (χ1v) is 6.62. The molecule has 4 nitrogen and oxygen atoms in total. The molecular formula is C13H17BrN4. The highest BCUT2D eigenvalue weighted by Crippen LogP contribution is 2.26. The summed E-state index contributed by atoms with van der Waals surface area (Å²) in [5, 5.41) is 7.70. The van der Waals surface area contributed by atoms with Crippen molar-refractivity contribution in [1.82, 2.24) is 9.78 Å². The average Bonchev–Trinajstić information content (AvgIpc) is 2.70. The summed E-state index contributed by atoms with van der Waals surface area (Å²) in [6.07, 6.45) is 1.87. The van der Waals surface area contributed by atoms with Gasteiger partial charge in [-0.2, -0.15) is 5.10 Å². The van der Waals surface area contributed by atoms with Gasteiger partial charge < -0.3 is 11.1 Å². The molecule has 1 atom stereocenters. The van der Waals surface area contributed by atoms with Gasteiger partial charge in [-0.3, -0.25) is 4.68 Å². The molecule has 0 saturated carbocycles. The fourth-order valence-electron chi connectivity index (χ4n) is 1.89. The van der Waals surface area contributed by atoms with Crippen LogP contribution in [-0.2, 0) is 7.05 Å². The number of hydrogen-bond acceptors (Lipinski definition) is 3. The molecule has 5 heteroatoms. The lowest BCUT2D eigenvalue weighted by Gasteiger charge is -2.19. The molecule has 1 unspecified atom stereocenters. The number of nitrogens with one attached hydrogen (secondary N) is 1. The number of hydrogen-bond donors (Lipinski definition) is 2. The fourth-order valence-corrected chi connectivity index (χ4v) is 2.29. The van der Waals surface area contributed by atoms with Crippen LogP contribution in [0, 0.1) is 6.92 Å². The molecule has 1 aromatic carbocycles. The van der Waals surface area contributed by atoms with Gasteiger partial charge in [-0.1, -0.05) is 12.1 Å². The van der Waals surface area contributed by atoms with Gasteiger partial charge in [0.2, 0.25) is 0 Å². The smallest absolute Gasteiger partial charge is 0.0670 e. The van der Waals surface area contributed by atoms with E-state index in [2.05, 4.69) is 26.3 Å². The van der Waals surface area contributed by atoms with E-state index in [-0.39, 0.29) is 6.04 Å². The first kappa shape index (κ1) is 13.1. The molecular weight excluding hydrogens is 292 g/mol. The van der Waals surface area contributed by atoms with Crippen molar-refractivity contribution in [3.8, 4) is 0 Å². The van der Waals surface area contributed by atoms with Gasteiger partial charge >= 0.3 is 0 Å². The van der Waals surface area contributed by atoms with Gasteiger partial charge in [-0.15, -0.1) is 0 Å². The minimum absolute atomic E-state index is 0.0670. The number of nitrogens with two attached hydrogens (primary N) is 1. The Kier molecular flexibility index (Phi) is 4.04. The van der Waals surface area contributed by atoms with Crippen molar-refractivity contribution < 1.29 is 0 Å². The number of anilines is 1. The van der Waals surface area contributed by atoms with E-state index in [1.807, 2.05) is 49.1 Å². The number of benzene rings is 1. The van der Waals surface area contributed by atoms with Crippen LogP contribution >= 0.6 is 15.9 Å². The molecule has 1 aromatic heterocycles. The van der Waals surface area contributed by atoms with Crippen LogP contribution in [0.1, 0.15) is 17.3 Å². The van der Waals surface area contributed by atoms with Gasteiger partial charge in [0.1, 0.15) is 0 Å². The van der Waals surface area contributed by atoms with Crippen molar-refractivity contribution in [3.05, 3.63) is 46.2 Å². The monoisotopic (exact) mass is 308 g/mol. The fraction of sp³-hybridized carbons (Fsp3) is 0.308. The molecule has 0 radical (unpaired) electrons. The molecule has 18 heavy (non-hydrogen) atoms. The van der Waals surface area contributed by atoms with Gasteiger partial charge in [0, 0.05) is 35.0 Å². The Hall–Kier alpha value is -1.33. The molecule has 1 heterocycles. The van der Waals surface area contributed by atoms with Crippen LogP contribution in [0.5, 0.6) is 0 Å². The summed E-state index contributed by atoms with van der Waals surface area (Å²) in [4.78, 5) is 0. The largest absolute Gasteiger partial charge is 0.376 e. The van der Waals surface area contributed by atoms with Crippen LogP contribution in [0.3, 0.4) is 0 Å². The molecule has 2 aromatic rings. The van der Waals surface area contributed by atoms with Gasteiger partial charge in [-0.05, 0) is 35.0 Å². The third-order valence-electron chi connectivity index (χ3n) is 3.09. The van der Waals surface area contributed by atoms with Crippen LogP contribution in [0.15, 0.2) is 34.9 Å². The number of aromatic nitrogens is 2. The molecule has 2 rings (SSSR count). The molecule has 0 bridgehead atoms. The lowest BCUT2D eigenvalue weighted by atomic mass is 10.1. The van der Waals surface area contributed by atoms with Crippen molar-refractivity contribution in [2.24, 2.45) is 12.8 Å². The van der Waals surface area contributed by atoms with Crippen molar-refractivity contribution in [2.75, 3.05) is 11.9 Å². The van der Waals surface area contributed by atoms with Crippen molar-refractivity contribution in [1.29, 1.82) is 0 Å². The van der Waals surface area contributed by atoms with Crippen LogP contribution in [-0.4, -0.2) is 16.3 Å². The molecule has 0 amide bonds. The van der Waals surface area contributed by atoms with Crippen LogP contribution in [0.4, 0.5) is 5.69 Å². The second kappa shape index (κ2) is 5.54. The van der Waals surface area contributed by atoms with E-state index in [9.17, 15) is 0 Å². The Labute approximate surface area is 115 Å². The second-order valence-electron chi connectivity index (χ2n) is 4.22. The van der Waals surface area contributed by atoms with Crippen molar-refractivity contribution >= 4 is 21.6 Å². The maximum absolute atomic E-state index is 5.87. The van der Waals surface area contributed by atoms with E-state index in [1.165, 1.54) is 0 Å². The first-order chi connectivity index (χ1) is 8.63. The first-order valence-electron chi connectivity index (χ1n) is 5.83. The Balaban J connectivity index is 2.25. The highest BCUT2D eigenvalue weighted by Gasteiger charge is 2.15. The molecule has 3 N–H and O–H groups in total. The lowest BCUT2D eigenvalue weighted by molar-refractivity contribution is 0.728. The van der Waals surface area contributed by atoms with E-state index in [0.29, 0.717) is 6.54 Å². The van der Waals surface area contributed by atoms with Crippen LogP contribution in [0.2, 0.25) is 0 Å². The number of rotatable bonds is 4. The van der Waals surface area contributed by atoms with Gasteiger partial charge in [-0.25, -0.2) is 0 Å². The van der Waals surface area contributed by atoms with Crippen LogP contribution < -0.4 is 11.1 Å². The van der Waals surface area contributed by atoms with Gasteiger partial charge in [0.25, 0.3) is 0 Å². The molecule has 0 aliphatic rings. The normalized spacial score (nSPS) is 12.4. The maximum atomic E-state index is 5.87. The summed E-state index contributed by atoms with van der Waals surface area (Å²) >= 11 is 3.53.